The summed E-state index contributed by atoms with van der Waals surface area (Å²) < 4.78 is 21.5. The predicted molar refractivity (Wildman–Crippen MR) is 53.6 cm³/mol. The van der Waals surface area contributed by atoms with Crippen LogP contribution in [-0.2, 0) is 20.2 Å². The van der Waals surface area contributed by atoms with E-state index in [9.17, 15) is 4.57 Å². The molecule has 1 aromatic rings. The standard InChI is InChI=1S/C9H13O4P/c1-12-14(11,13-2)9-5-3-8(7-10)4-6-9/h3-6,10H,7H2,1-2H3. The van der Waals surface area contributed by atoms with E-state index in [1.807, 2.05) is 0 Å². The van der Waals surface area contributed by atoms with Gasteiger partial charge in [-0.25, -0.2) is 0 Å². The minimum atomic E-state index is -3.15. The van der Waals surface area contributed by atoms with Crippen molar-refractivity contribution in [2.24, 2.45) is 0 Å². The first-order chi connectivity index (χ1) is 6.66. The van der Waals surface area contributed by atoms with Crippen molar-refractivity contribution >= 4 is 12.9 Å². The van der Waals surface area contributed by atoms with E-state index in [4.69, 9.17) is 14.2 Å². The minimum absolute atomic E-state index is 0.0372. The van der Waals surface area contributed by atoms with Gasteiger partial charge in [-0.15, -0.1) is 0 Å². The maximum atomic E-state index is 11.8. The molecular weight excluding hydrogens is 203 g/mol. The van der Waals surface area contributed by atoms with Crippen LogP contribution in [-0.4, -0.2) is 19.3 Å². The Morgan fingerprint density at radius 1 is 1.21 bits per heavy atom. The maximum Gasteiger partial charge on any atom is 0.360 e. The van der Waals surface area contributed by atoms with E-state index >= 15 is 0 Å². The predicted octanol–water partition coefficient (Wildman–Crippen LogP) is 1.29. The van der Waals surface area contributed by atoms with Crippen LogP contribution in [0.3, 0.4) is 0 Å². The summed E-state index contributed by atoms with van der Waals surface area (Å²) in [4.78, 5) is 0. The molecule has 0 aromatic heterocycles. The van der Waals surface area contributed by atoms with Crippen molar-refractivity contribution in [3.05, 3.63) is 29.8 Å². The zero-order valence-corrected chi connectivity index (χ0v) is 9.03. The Bertz CT molecular complexity index is 325. The average molecular weight is 216 g/mol. The van der Waals surface area contributed by atoms with Crippen molar-refractivity contribution < 1.29 is 18.7 Å². The third-order valence-corrected chi connectivity index (χ3v) is 3.81. The molecule has 0 amide bonds. The van der Waals surface area contributed by atoms with E-state index in [1.54, 1.807) is 24.3 Å². The SMILES string of the molecule is COP(=O)(OC)c1ccc(CO)cc1. The van der Waals surface area contributed by atoms with Gasteiger partial charge in [0.1, 0.15) is 0 Å². The fraction of sp³-hybridized carbons (Fsp3) is 0.333. The number of hydrogen-bond acceptors (Lipinski definition) is 4. The first-order valence-corrected chi connectivity index (χ1v) is 5.62. The first kappa shape index (κ1) is 11.4. The second-order valence-electron chi connectivity index (χ2n) is 2.69. The Hall–Kier alpha value is -0.670. The molecule has 1 aromatic carbocycles. The Kier molecular flexibility index (Phi) is 3.84. The summed E-state index contributed by atoms with van der Waals surface area (Å²) >= 11 is 0. The largest absolute Gasteiger partial charge is 0.392 e. The third kappa shape index (κ3) is 2.22. The van der Waals surface area contributed by atoms with Gasteiger partial charge >= 0.3 is 7.60 Å². The van der Waals surface area contributed by atoms with Crippen molar-refractivity contribution in [2.75, 3.05) is 14.2 Å². The molecule has 0 aliphatic heterocycles. The normalized spacial score (nSPS) is 11.6. The molecule has 0 aliphatic rings. The molecule has 0 bridgehead atoms. The van der Waals surface area contributed by atoms with Gasteiger partial charge in [-0.05, 0) is 17.7 Å². The summed E-state index contributed by atoms with van der Waals surface area (Å²) in [5.41, 5.74) is 0.757. The summed E-state index contributed by atoms with van der Waals surface area (Å²) in [7, 11) is -0.470. The molecule has 0 atom stereocenters. The molecule has 0 saturated carbocycles. The van der Waals surface area contributed by atoms with Crippen LogP contribution in [0.2, 0.25) is 0 Å². The van der Waals surface area contributed by atoms with Crippen LogP contribution in [0.15, 0.2) is 24.3 Å². The van der Waals surface area contributed by atoms with Crippen LogP contribution in [0.5, 0.6) is 0 Å². The lowest BCUT2D eigenvalue weighted by Gasteiger charge is -2.13. The first-order valence-electron chi connectivity index (χ1n) is 4.08. The molecule has 5 heteroatoms. The van der Waals surface area contributed by atoms with E-state index in [0.717, 1.165) is 5.56 Å². The Morgan fingerprint density at radius 2 is 1.71 bits per heavy atom. The van der Waals surface area contributed by atoms with Crippen molar-refractivity contribution in [3.63, 3.8) is 0 Å². The molecule has 78 valence electrons. The van der Waals surface area contributed by atoms with Crippen LogP contribution < -0.4 is 5.30 Å². The maximum absolute atomic E-state index is 11.8. The van der Waals surface area contributed by atoms with Crippen LogP contribution in [0.4, 0.5) is 0 Å². The highest BCUT2D eigenvalue weighted by Crippen LogP contribution is 2.44. The lowest BCUT2D eigenvalue weighted by molar-refractivity contribution is 0.281. The van der Waals surface area contributed by atoms with Gasteiger partial charge in [-0.2, -0.15) is 0 Å². The zero-order chi connectivity index (χ0) is 10.6. The summed E-state index contributed by atoms with van der Waals surface area (Å²) in [5.74, 6) is 0. The van der Waals surface area contributed by atoms with Gasteiger partial charge < -0.3 is 14.2 Å². The highest BCUT2D eigenvalue weighted by molar-refractivity contribution is 7.62. The average Bonchev–Trinajstić information content (AvgIpc) is 2.28. The molecule has 0 aliphatic carbocycles. The highest BCUT2D eigenvalue weighted by Gasteiger charge is 2.23. The van der Waals surface area contributed by atoms with Crippen LogP contribution in [0.1, 0.15) is 5.56 Å². The molecule has 4 nitrogen and oxygen atoms in total. The fourth-order valence-electron chi connectivity index (χ4n) is 1.07. The lowest BCUT2D eigenvalue weighted by Crippen LogP contribution is -2.07. The second kappa shape index (κ2) is 4.71. The van der Waals surface area contributed by atoms with Gasteiger partial charge in [0.15, 0.2) is 0 Å². The number of aliphatic hydroxyl groups excluding tert-OH is 1. The fourth-order valence-corrected chi connectivity index (χ4v) is 2.15. The Morgan fingerprint density at radius 3 is 2.07 bits per heavy atom. The van der Waals surface area contributed by atoms with Crippen LogP contribution >= 0.6 is 7.60 Å². The topological polar surface area (TPSA) is 55.8 Å². The number of rotatable bonds is 4. The molecule has 0 spiro atoms. The third-order valence-electron chi connectivity index (χ3n) is 1.92. The van der Waals surface area contributed by atoms with Crippen LogP contribution in [0, 0.1) is 0 Å². The van der Waals surface area contributed by atoms with Gasteiger partial charge in [0, 0.05) is 14.2 Å². The quantitative estimate of drug-likeness (QED) is 0.770. The van der Waals surface area contributed by atoms with Crippen molar-refractivity contribution in [1.82, 2.24) is 0 Å². The molecule has 1 rings (SSSR count). The van der Waals surface area contributed by atoms with Crippen molar-refractivity contribution in [1.29, 1.82) is 0 Å². The van der Waals surface area contributed by atoms with Gasteiger partial charge in [0.2, 0.25) is 0 Å². The summed E-state index contributed by atoms with van der Waals surface area (Å²) in [5, 5.41) is 9.30. The number of benzene rings is 1. The summed E-state index contributed by atoms with van der Waals surface area (Å²) in [6, 6.07) is 6.61. The molecule has 0 saturated heterocycles. The van der Waals surface area contributed by atoms with Gasteiger partial charge in [-0.1, -0.05) is 12.1 Å². The van der Waals surface area contributed by atoms with E-state index in [0.29, 0.717) is 5.30 Å². The molecule has 1 N–H and O–H groups in total. The van der Waals surface area contributed by atoms with E-state index in [1.165, 1.54) is 14.2 Å². The molecule has 0 heterocycles. The van der Waals surface area contributed by atoms with Gasteiger partial charge in [0.05, 0.1) is 11.9 Å². The van der Waals surface area contributed by atoms with E-state index in [2.05, 4.69) is 0 Å². The molecular formula is C9H13O4P. The van der Waals surface area contributed by atoms with E-state index in [-0.39, 0.29) is 6.61 Å². The lowest BCUT2D eigenvalue weighted by atomic mass is 10.2. The van der Waals surface area contributed by atoms with Crippen molar-refractivity contribution in [2.45, 2.75) is 6.61 Å². The highest BCUT2D eigenvalue weighted by atomic mass is 31.2. The number of hydrogen-bond donors (Lipinski definition) is 1. The molecule has 0 fully saturated rings. The summed E-state index contributed by atoms with van der Waals surface area (Å²) in [6.07, 6.45) is 0. The smallest absolute Gasteiger partial charge is 0.360 e. The van der Waals surface area contributed by atoms with Crippen LogP contribution in [0.25, 0.3) is 0 Å². The van der Waals surface area contributed by atoms with E-state index < -0.39 is 7.60 Å². The van der Waals surface area contributed by atoms with Gasteiger partial charge in [0.25, 0.3) is 0 Å². The number of aliphatic hydroxyl groups is 1. The van der Waals surface area contributed by atoms with Crippen molar-refractivity contribution in [3.8, 4) is 0 Å². The molecule has 14 heavy (non-hydrogen) atoms. The monoisotopic (exact) mass is 216 g/mol. The minimum Gasteiger partial charge on any atom is -0.392 e. The zero-order valence-electron chi connectivity index (χ0n) is 8.14. The van der Waals surface area contributed by atoms with Gasteiger partial charge in [-0.3, -0.25) is 4.57 Å². The second-order valence-corrected chi connectivity index (χ2v) is 4.93. The Balaban J connectivity index is 3.01. The molecule has 0 radical (unpaired) electrons. The Labute approximate surface area is 83.0 Å². The molecule has 0 unspecified atom stereocenters. The summed E-state index contributed by atoms with van der Waals surface area (Å²) in [6.45, 7) is -0.0372.